The minimum atomic E-state index is 1.10. The van der Waals surface area contributed by atoms with Crippen molar-refractivity contribution in [3.8, 4) is 0 Å². The van der Waals surface area contributed by atoms with Gasteiger partial charge in [-0.1, -0.05) is 103 Å². The van der Waals surface area contributed by atoms with E-state index in [4.69, 9.17) is 0 Å². The summed E-state index contributed by atoms with van der Waals surface area (Å²) in [4.78, 5) is 0. The molecule has 22 heavy (non-hydrogen) atoms. The van der Waals surface area contributed by atoms with Crippen molar-refractivity contribution in [3.05, 3.63) is 0 Å². The Kier molecular flexibility index (Phi) is 15.2. The van der Waals surface area contributed by atoms with Crippen molar-refractivity contribution in [2.75, 3.05) is 6.16 Å². The van der Waals surface area contributed by atoms with E-state index in [0.29, 0.717) is 0 Å². The molecule has 1 unspecified atom stereocenters. The van der Waals surface area contributed by atoms with Crippen molar-refractivity contribution in [3.63, 3.8) is 0 Å². The quantitative estimate of drug-likeness (QED) is 0.266. The highest BCUT2D eigenvalue weighted by Crippen LogP contribution is 2.31. The van der Waals surface area contributed by atoms with Gasteiger partial charge in [0.1, 0.15) is 0 Å². The molecule has 1 aliphatic rings. The largest absolute Gasteiger partial charge is 0.119 e. The Bertz CT molecular complexity index is 204. The predicted molar refractivity (Wildman–Crippen MR) is 106 cm³/mol. The van der Waals surface area contributed by atoms with Gasteiger partial charge >= 0.3 is 0 Å². The van der Waals surface area contributed by atoms with Crippen molar-refractivity contribution in [2.24, 2.45) is 0 Å². The fourth-order valence-corrected chi connectivity index (χ4v) is 5.43. The Morgan fingerprint density at radius 3 is 1.59 bits per heavy atom. The molecule has 0 aliphatic heterocycles. The third-order valence-corrected chi connectivity index (χ3v) is 7.12. The van der Waals surface area contributed by atoms with Gasteiger partial charge in [0.25, 0.3) is 0 Å². The highest BCUT2D eigenvalue weighted by molar-refractivity contribution is 7.38. The SMILES string of the molecule is CCCCCCCCCCCPC1CCCCCCCCC1. The zero-order chi connectivity index (χ0) is 15.7. The first-order chi connectivity index (χ1) is 10.9. The van der Waals surface area contributed by atoms with Crippen LogP contribution < -0.4 is 0 Å². The number of hydrogen-bond acceptors (Lipinski definition) is 0. The van der Waals surface area contributed by atoms with Gasteiger partial charge in [0.05, 0.1) is 0 Å². The van der Waals surface area contributed by atoms with Crippen LogP contribution in [-0.2, 0) is 0 Å². The molecule has 1 saturated carbocycles. The van der Waals surface area contributed by atoms with E-state index in [0.717, 1.165) is 5.66 Å². The zero-order valence-electron chi connectivity index (χ0n) is 15.5. The molecule has 0 bridgehead atoms. The maximum Gasteiger partial charge on any atom is -0.0237 e. The van der Waals surface area contributed by atoms with Crippen LogP contribution >= 0.6 is 8.58 Å². The van der Waals surface area contributed by atoms with Crippen LogP contribution in [0.1, 0.15) is 122 Å². The van der Waals surface area contributed by atoms with E-state index in [1.807, 2.05) is 0 Å². The second-order valence-electron chi connectivity index (χ2n) is 7.53. The van der Waals surface area contributed by atoms with Crippen molar-refractivity contribution < 1.29 is 0 Å². The van der Waals surface area contributed by atoms with Gasteiger partial charge in [-0.2, -0.15) is 0 Å². The molecule has 0 nitrogen and oxygen atoms in total. The third-order valence-electron chi connectivity index (χ3n) is 5.32. The van der Waals surface area contributed by atoms with Gasteiger partial charge in [-0.15, -0.1) is 8.58 Å². The predicted octanol–water partition coefficient (Wildman–Crippen LogP) is 8.09. The molecule has 1 heteroatoms. The Labute approximate surface area is 143 Å². The second kappa shape index (κ2) is 16.3. The Morgan fingerprint density at radius 1 is 0.591 bits per heavy atom. The molecular weight excluding hydrogens is 283 g/mol. The van der Waals surface area contributed by atoms with Gasteiger partial charge in [-0.25, -0.2) is 0 Å². The summed E-state index contributed by atoms with van der Waals surface area (Å²) in [6.45, 7) is 2.31. The standard InChI is InChI=1S/C21H43P/c1-2-3-4-5-6-7-11-14-17-20-22-21-18-15-12-9-8-10-13-16-19-21/h21-22H,2-20H2,1H3. The number of hydrogen-bond donors (Lipinski definition) is 0. The lowest BCUT2D eigenvalue weighted by Crippen LogP contribution is -2.03. The van der Waals surface area contributed by atoms with E-state index >= 15 is 0 Å². The van der Waals surface area contributed by atoms with E-state index in [9.17, 15) is 0 Å². The van der Waals surface area contributed by atoms with Crippen molar-refractivity contribution >= 4 is 8.58 Å². The van der Waals surface area contributed by atoms with Crippen LogP contribution in [0, 0.1) is 0 Å². The zero-order valence-corrected chi connectivity index (χ0v) is 16.5. The van der Waals surface area contributed by atoms with Crippen LogP contribution in [0.4, 0.5) is 0 Å². The smallest absolute Gasteiger partial charge is 0.0237 e. The molecule has 0 aromatic carbocycles. The molecular formula is C21H43P. The molecule has 0 radical (unpaired) electrons. The molecule has 0 spiro atoms. The lowest BCUT2D eigenvalue weighted by molar-refractivity contribution is 0.509. The average Bonchev–Trinajstić information content (AvgIpc) is 2.55. The summed E-state index contributed by atoms with van der Waals surface area (Å²) in [6, 6.07) is 0. The van der Waals surface area contributed by atoms with Gasteiger partial charge < -0.3 is 0 Å². The van der Waals surface area contributed by atoms with Gasteiger partial charge in [-0.05, 0) is 31.1 Å². The van der Waals surface area contributed by atoms with E-state index < -0.39 is 0 Å². The fourth-order valence-electron chi connectivity index (χ4n) is 3.76. The highest BCUT2D eigenvalue weighted by Gasteiger charge is 2.09. The highest BCUT2D eigenvalue weighted by atomic mass is 31.1. The lowest BCUT2D eigenvalue weighted by atomic mass is 10.0. The minimum absolute atomic E-state index is 1.10. The third kappa shape index (κ3) is 12.9. The normalized spacial score (nSPS) is 19.0. The summed E-state index contributed by atoms with van der Waals surface area (Å²) in [5, 5.41) is 0. The van der Waals surface area contributed by atoms with E-state index in [1.165, 1.54) is 111 Å². The average molecular weight is 327 g/mol. The van der Waals surface area contributed by atoms with Gasteiger partial charge in [0, 0.05) is 0 Å². The Balaban J connectivity index is 1.89. The van der Waals surface area contributed by atoms with Crippen molar-refractivity contribution in [1.29, 1.82) is 0 Å². The van der Waals surface area contributed by atoms with Crippen LogP contribution in [0.2, 0.25) is 0 Å². The lowest BCUT2D eigenvalue weighted by Gasteiger charge is -2.18. The number of rotatable bonds is 11. The second-order valence-corrected chi connectivity index (χ2v) is 9.26. The molecule has 0 N–H and O–H groups in total. The van der Waals surface area contributed by atoms with Crippen molar-refractivity contribution in [2.45, 2.75) is 128 Å². The van der Waals surface area contributed by atoms with Gasteiger partial charge in [0.2, 0.25) is 0 Å². The molecule has 1 rings (SSSR count). The summed E-state index contributed by atoms with van der Waals surface area (Å²) in [6.07, 6.45) is 28.5. The first-order valence-corrected chi connectivity index (χ1v) is 12.0. The molecule has 0 saturated heterocycles. The van der Waals surface area contributed by atoms with Crippen LogP contribution in [0.3, 0.4) is 0 Å². The molecule has 1 aliphatic carbocycles. The topological polar surface area (TPSA) is 0 Å². The van der Waals surface area contributed by atoms with Crippen LogP contribution in [-0.4, -0.2) is 11.8 Å². The fraction of sp³-hybridized carbons (Fsp3) is 1.00. The van der Waals surface area contributed by atoms with Crippen LogP contribution in [0.5, 0.6) is 0 Å². The van der Waals surface area contributed by atoms with E-state index in [1.54, 1.807) is 19.0 Å². The maximum absolute atomic E-state index is 2.31. The summed E-state index contributed by atoms with van der Waals surface area (Å²) < 4.78 is 0. The Morgan fingerprint density at radius 2 is 1.05 bits per heavy atom. The first-order valence-electron chi connectivity index (χ1n) is 10.7. The summed E-state index contributed by atoms with van der Waals surface area (Å²) in [5.41, 5.74) is 1.10. The molecule has 0 heterocycles. The summed E-state index contributed by atoms with van der Waals surface area (Å²) in [5.74, 6) is 0. The molecule has 0 amide bonds. The van der Waals surface area contributed by atoms with E-state index in [2.05, 4.69) is 6.92 Å². The van der Waals surface area contributed by atoms with Crippen molar-refractivity contribution in [1.82, 2.24) is 0 Å². The number of unbranched alkanes of at least 4 members (excludes halogenated alkanes) is 8. The van der Waals surface area contributed by atoms with Crippen LogP contribution in [0.15, 0.2) is 0 Å². The molecule has 0 aromatic rings. The summed E-state index contributed by atoms with van der Waals surface area (Å²) >= 11 is 0. The van der Waals surface area contributed by atoms with Crippen LogP contribution in [0.25, 0.3) is 0 Å². The van der Waals surface area contributed by atoms with Gasteiger partial charge in [-0.3, -0.25) is 0 Å². The molecule has 132 valence electrons. The summed E-state index contributed by atoms with van der Waals surface area (Å²) in [7, 11) is 1.28. The maximum atomic E-state index is 2.31. The molecule has 1 fully saturated rings. The Hall–Kier alpha value is 0.430. The molecule has 1 atom stereocenters. The molecule has 0 aromatic heterocycles. The minimum Gasteiger partial charge on any atom is -0.119 e. The van der Waals surface area contributed by atoms with Gasteiger partial charge in [0.15, 0.2) is 0 Å². The first kappa shape index (κ1) is 20.5. The monoisotopic (exact) mass is 326 g/mol. The van der Waals surface area contributed by atoms with E-state index in [-0.39, 0.29) is 0 Å².